The maximum Gasteiger partial charge on any atom is 0.0980 e. The zero-order valence-electron chi connectivity index (χ0n) is 11.9. The Balaban J connectivity index is 2.14. The van der Waals surface area contributed by atoms with Crippen LogP contribution < -0.4 is 5.73 Å². The number of nitrogens with two attached hydrogens (primary N) is 1. The topological polar surface area (TPSA) is 35.2 Å². The van der Waals surface area contributed by atoms with Crippen molar-refractivity contribution in [3.05, 3.63) is 69.2 Å². The third-order valence-electron chi connectivity index (χ3n) is 3.44. The number of ether oxygens (including phenoxy) is 1. The molecular weight excluding hydrogens is 350 g/mol. The number of hydrogen-bond acceptors (Lipinski definition) is 2. The monoisotopic (exact) mass is 367 g/mol. The number of rotatable bonds is 6. The van der Waals surface area contributed by atoms with Crippen molar-refractivity contribution < 1.29 is 4.74 Å². The molecule has 0 saturated heterocycles. The van der Waals surface area contributed by atoms with E-state index < -0.39 is 0 Å². The summed E-state index contributed by atoms with van der Waals surface area (Å²) >= 11 is 9.48. The van der Waals surface area contributed by atoms with Crippen LogP contribution in [0.4, 0.5) is 0 Å². The summed E-state index contributed by atoms with van der Waals surface area (Å²) in [7, 11) is 0. The van der Waals surface area contributed by atoms with Crippen LogP contribution in [-0.4, -0.2) is 6.04 Å². The van der Waals surface area contributed by atoms with Crippen LogP contribution in [0, 0.1) is 0 Å². The zero-order chi connectivity index (χ0) is 15.2. The van der Waals surface area contributed by atoms with Gasteiger partial charge >= 0.3 is 0 Å². The summed E-state index contributed by atoms with van der Waals surface area (Å²) in [5, 5.41) is 0.716. The Bertz CT molecular complexity index is 573. The standard InChI is InChI=1S/C17H19BrClNO/c1-2-16(20)17(12-7-9-14(19)10-8-12)21-11-13-5-3-4-6-15(13)18/h3-10,16-17H,2,11,20H2,1H3. The Morgan fingerprint density at radius 1 is 1.14 bits per heavy atom. The van der Waals surface area contributed by atoms with Gasteiger partial charge in [-0.15, -0.1) is 0 Å². The lowest BCUT2D eigenvalue weighted by Crippen LogP contribution is -2.29. The van der Waals surface area contributed by atoms with Crippen molar-refractivity contribution in [3.8, 4) is 0 Å². The van der Waals surface area contributed by atoms with Crippen molar-refractivity contribution >= 4 is 27.5 Å². The van der Waals surface area contributed by atoms with Gasteiger partial charge in [0.05, 0.1) is 12.7 Å². The number of halogens is 2. The summed E-state index contributed by atoms with van der Waals surface area (Å²) in [6, 6.07) is 15.7. The first kappa shape index (κ1) is 16.5. The molecule has 0 fully saturated rings. The summed E-state index contributed by atoms with van der Waals surface area (Å²) < 4.78 is 7.14. The van der Waals surface area contributed by atoms with Gasteiger partial charge in [-0.1, -0.05) is 64.8 Å². The van der Waals surface area contributed by atoms with Gasteiger partial charge in [0.25, 0.3) is 0 Å². The van der Waals surface area contributed by atoms with E-state index in [4.69, 9.17) is 22.1 Å². The fourth-order valence-electron chi connectivity index (χ4n) is 2.13. The minimum absolute atomic E-state index is 0.0475. The normalized spacial score (nSPS) is 13.9. The van der Waals surface area contributed by atoms with Crippen LogP contribution >= 0.6 is 27.5 Å². The van der Waals surface area contributed by atoms with Crippen molar-refractivity contribution in [2.45, 2.75) is 32.1 Å². The van der Waals surface area contributed by atoms with Gasteiger partial charge in [0.2, 0.25) is 0 Å². The molecule has 2 aromatic carbocycles. The highest BCUT2D eigenvalue weighted by molar-refractivity contribution is 9.10. The average molecular weight is 369 g/mol. The average Bonchev–Trinajstić information content (AvgIpc) is 2.50. The van der Waals surface area contributed by atoms with Crippen LogP contribution in [0.3, 0.4) is 0 Å². The second kappa shape index (κ2) is 7.95. The predicted molar refractivity (Wildman–Crippen MR) is 91.4 cm³/mol. The van der Waals surface area contributed by atoms with Crippen LogP contribution in [0.2, 0.25) is 5.02 Å². The Morgan fingerprint density at radius 3 is 2.43 bits per heavy atom. The van der Waals surface area contributed by atoms with Crippen molar-refractivity contribution in [2.75, 3.05) is 0 Å². The lowest BCUT2D eigenvalue weighted by Gasteiger charge is -2.24. The van der Waals surface area contributed by atoms with E-state index in [0.717, 1.165) is 22.0 Å². The van der Waals surface area contributed by atoms with Gasteiger partial charge < -0.3 is 10.5 Å². The Kier molecular flexibility index (Phi) is 6.24. The molecule has 0 aliphatic carbocycles. The first-order valence-electron chi connectivity index (χ1n) is 6.98. The minimum Gasteiger partial charge on any atom is -0.367 e. The molecule has 2 nitrogen and oxygen atoms in total. The third kappa shape index (κ3) is 4.55. The second-order valence-corrected chi connectivity index (χ2v) is 6.24. The molecule has 0 saturated carbocycles. The molecule has 0 aromatic heterocycles. The Hall–Kier alpha value is -0.870. The number of hydrogen-bond donors (Lipinski definition) is 1. The van der Waals surface area contributed by atoms with Crippen molar-refractivity contribution in [3.63, 3.8) is 0 Å². The van der Waals surface area contributed by atoms with E-state index in [-0.39, 0.29) is 12.1 Å². The fraction of sp³-hybridized carbons (Fsp3) is 0.294. The van der Waals surface area contributed by atoms with Crippen LogP contribution in [-0.2, 0) is 11.3 Å². The highest BCUT2D eigenvalue weighted by atomic mass is 79.9. The lowest BCUT2D eigenvalue weighted by atomic mass is 10.0. The van der Waals surface area contributed by atoms with Gasteiger partial charge in [-0.2, -0.15) is 0 Å². The van der Waals surface area contributed by atoms with E-state index in [0.29, 0.717) is 11.6 Å². The maximum atomic E-state index is 6.22. The molecule has 4 heteroatoms. The van der Waals surface area contributed by atoms with Crippen molar-refractivity contribution in [2.24, 2.45) is 5.73 Å². The molecule has 0 bridgehead atoms. The summed E-state index contributed by atoms with van der Waals surface area (Å²) in [5.74, 6) is 0. The van der Waals surface area contributed by atoms with Gasteiger partial charge in [0, 0.05) is 15.5 Å². The highest BCUT2D eigenvalue weighted by Crippen LogP contribution is 2.26. The van der Waals surface area contributed by atoms with Gasteiger partial charge in [0.15, 0.2) is 0 Å². The van der Waals surface area contributed by atoms with E-state index in [2.05, 4.69) is 22.9 Å². The SMILES string of the molecule is CCC(N)C(OCc1ccccc1Br)c1ccc(Cl)cc1. The van der Waals surface area contributed by atoms with Crippen molar-refractivity contribution in [1.29, 1.82) is 0 Å². The van der Waals surface area contributed by atoms with E-state index >= 15 is 0 Å². The van der Waals surface area contributed by atoms with Gasteiger partial charge in [-0.25, -0.2) is 0 Å². The maximum absolute atomic E-state index is 6.22. The molecule has 0 radical (unpaired) electrons. The molecule has 2 N–H and O–H groups in total. The molecule has 0 amide bonds. The summed E-state index contributed by atoms with van der Waals surface area (Å²) in [4.78, 5) is 0. The molecule has 2 aromatic rings. The van der Waals surface area contributed by atoms with Crippen LogP contribution in [0.5, 0.6) is 0 Å². The molecule has 2 unspecified atom stereocenters. The van der Waals surface area contributed by atoms with Gasteiger partial charge in [-0.3, -0.25) is 0 Å². The van der Waals surface area contributed by atoms with Gasteiger partial charge in [-0.05, 0) is 35.7 Å². The molecule has 2 rings (SSSR count). The Morgan fingerprint density at radius 2 is 1.81 bits per heavy atom. The predicted octanol–water partition coefficient (Wildman–Crippen LogP) is 5.10. The van der Waals surface area contributed by atoms with E-state index in [1.165, 1.54) is 0 Å². The largest absolute Gasteiger partial charge is 0.367 e. The highest BCUT2D eigenvalue weighted by Gasteiger charge is 2.19. The van der Waals surface area contributed by atoms with Crippen LogP contribution in [0.15, 0.2) is 53.0 Å². The fourth-order valence-corrected chi connectivity index (χ4v) is 2.65. The molecule has 0 aliphatic heterocycles. The van der Waals surface area contributed by atoms with Crippen LogP contribution in [0.25, 0.3) is 0 Å². The Labute approximate surface area is 139 Å². The van der Waals surface area contributed by atoms with Crippen molar-refractivity contribution in [1.82, 2.24) is 0 Å². The molecular formula is C17H19BrClNO. The quantitative estimate of drug-likeness (QED) is 0.770. The first-order chi connectivity index (χ1) is 10.1. The molecule has 112 valence electrons. The second-order valence-electron chi connectivity index (χ2n) is 4.95. The summed E-state index contributed by atoms with van der Waals surface area (Å²) in [5.41, 5.74) is 8.39. The molecule has 2 atom stereocenters. The third-order valence-corrected chi connectivity index (χ3v) is 4.46. The molecule has 0 spiro atoms. The van der Waals surface area contributed by atoms with E-state index in [1.54, 1.807) is 0 Å². The van der Waals surface area contributed by atoms with Gasteiger partial charge in [0.1, 0.15) is 0 Å². The summed E-state index contributed by atoms with van der Waals surface area (Å²) in [6.07, 6.45) is 0.711. The lowest BCUT2D eigenvalue weighted by molar-refractivity contribution is 0.0210. The van der Waals surface area contributed by atoms with E-state index in [1.807, 2.05) is 48.5 Å². The number of benzene rings is 2. The zero-order valence-corrected chi connectivity index (χ0v) is 14.3. The van der Waals surface area contributed by atoms with E-state index in [9.17, 15) is 0 Å². The first-order valence-corrected chi connectivity index (χ1v) is 8.15. The summed E-state index contributed by atoms with van der Waals surface area (Å²) in [6.45, 7) is 2.58. The molecule has 21 heavy (non-hydrogen) atoms. The van der Waals surface area contributed by atoms with Crippen LogP contribution in [0.1, 0.15) is 30.6 Å². The molecule has 0 aliphatic rings. The smallest absolute Gasteiger partial charge is 0.0980 e. The minimum atomic E-state index is -0.139. The molecule has 0 heterocycles.